The molecule has 1 amide bonds. The van der Waals surface area contributed by atoms with Crippen molar-refractivity contribution < 1.29 is 9.53 Å². The predicted molar refractivity (Wildman–Crippen MR) is 116 cm³/mol. The maximum absolute atomic E-state index is 13.7. The van der Waals surface area contributed by atoms with Gasteiger partial charge in [0, 0.05) is 17.2 Å². The van der Waals surface area contributed by atoms with E-state index in [4.69, 9.17) is 9.73 Å². The predicted octanol–water partition coefficient (Wildman–Crippen LogP) is 5.21. The van der Waals surface area contributed by atoms with Crippen LogP contribution in [0.3, 0.4) is 0 Å². The van der Waals surface area contributed by atoms with Crippen LogP contribution in [0.1, 0.15) is 55.9 Å². The fourth-order valence-electron chi connectivity index (χ4n) is 5.41. The van der Waals surface area contributed by atoms with E-state index in [2.05, 4.69) is 61.7 Å². The van der Waals surface area contributed by atoms with Gasteiger partial charge in [-0.3, -0.25) is 9.79 Å². The van der Waals surface area contributed by atoms with E-state index in [1.165, 1.54) is 10.4 Å². The van der Waals surface area contributed by atoms with Crippen molar-refractivity contribution in [2.24, 2.45) is 16.8 Å². The summed E-state index contributed by atoms with van der Waals surface area (Å²) >= 11 is 1.70. The maximum Gasteiger partial charge on any atom is 0.229 e. The lowest BCUT2D eigenvalue weighted by atomic mass is 9.78. The Morgan fingerprint density at radius 2 is 2.03 bits per heavy atom. The number of amides is 1. The van der Waals surface area contributed by atoms with Crippen molar-refractivity contribution in [3.8, 4) is 0 Å². The highest BCUT2D eigenvalue weighted by Gasteiger charge is 2.62. The zero-order chi connectivity index (χ0) is 20.0. The molecule has 2 bridgehead atoms. The van der Waals surface area contributed by atoms with Gasteiger partial charge in [0.2, 0.25) is 5.91 Å². The number of benzene rings is 1. The minimum Gasteiger partial charge on any atom is -0.325 e. The van der Waals surface area contributed by atoms with Gasteiger partial charge >= 0.3 is 0 Å². The van der Waals surface area contributed by atoms with Gasteiger partial charge in [-0.25, -0.2) is 0 Å². The number of ether oxygens (including phenoxy) is 1. The molecule has 5 heteroatoms. The molecule has 1 spiro atoms. The number of thiophene rings is 1. The Balaban J connectivity index is 1.56. The average molecular weight is 409 g/mol. The van der Waals surface area contributed by atoms with Crippen LogP contribution in [-0.4, -0.2) is 28.5 Å². The summed E-state index contributed by atoms with van der Waals surface area (Å²) < 4.78 is 6.63. The van der Waals surface area contributed by atoms with E-state index in [-0.39, 0.29) is 24.0 Å². The van der Waals surface area contributed by atoms with E-state index in [1.54, 1.807) is 11.3 Å². The third-order valence-electron chi connectivity index (χ3n) is 6.94. The van der Waals surface area contributed by atoms with Crippen LogP contribution in [0.15, 0.2) is 52.8 Å². The van der Waals surface area contributed by atoms with Crippen molar-refractivity contribution in [2.45, 2.75) is 63.9 Å². The Bertz CT molecular complexity index is 910. The van der Waals surface area contributed by atoms with E-state index in [9.17, 15) is 4.79 Å². The molecule has 1 saturated heterocycles. The summed E-state index contributed by atoms with van der Waals surface area (Å²) in [6, 6.07) is 14.8. The second kappa shape index (κ2) is 7.37. The van der Waals surface area contributed by atoms with E-state index in [1.807, 2.05) is 4.90 Å². The number of hydrogen-bond acceptors (Lipinski definition) is 4. The molecule has 5 rings (SSSR count). The van der Waals surface area contributed by atoms with E-state index < -0.39 is 5.72 Å². The molecule has 3 heterocycles. The van der Waals surface area contributed by atoms with Gasteiger partial charge in [0.1, 0.15) is 0 Å². The van der Waals surface area contributed by atoms with E-state index >= 15 is 0 Å². The highest BCUT2D eigenvalue weighted by atomic mass is 32.1. The second-order valence-corrected chi connectivity index (χ2v) is 9.65. The number of carbonyl (C=O) groups is 1. The molecule has 2 aromatic rings. The van der Waals surface area contributed by atoms with Gasteiger partial charge in [-0.1, -0.05) is 56.7 Å². The monoisotopic (exact) mass is 408 g/mol. The number of hydrogen-bond donors (Lipinski definition) is 0. The lowest BCUT2D eigenvalue weighted by molar-refractivity contribution is -0.150. The normalized spacial score (nSPS) is 33.5. The molecule has 0 N–H and O–H groups in total. The molecule has 3 aliphatic rings. The molecule has 5 atom stereocenters. The molecule has 1 aliphatic carbocycles. The molecular weight excluding hydrogens is 380 g/mol. The first-order chi connectivity index (χ1) is 14.1. The lowest BCUT2D eigenvalue weighted by Crippen LogP contribution is -2.52. The summed E-state index contributed by atoms with van der Waals surface area (Å²) in [5, 5.41) is 2.07. The van der Waals surface area contributed by atoms with Crippen LogP contribution in [0.4, 0.5) is 0 Å². The summed E-state index contributed by atoms with van der Waals surface area (Å²) in [6.07, 6.45) is 3.41. The summed E-state index contributed by atoms with van der Waals surface area (Å²) in [6.45, 7) is 5.03. The van der Waals surface area contributed by atoms with Crippen LogP contribution in [0, 0.1) is 11.8 Å². The number of carbonyl (C=O) groups excluding carboxylic acids is 1. The molecule has 152 valence electrons. The summed E-state index contributed by atoms with van der Waals surface area (Å²) in [4.78, 5) is 21.9. The third kappa shape index (κ3) is 3.06. The molecule has 2 fully saturated rings. The number of aliphatic imine (C=N–C) groups is 1. The Kier molecular flexibility index (Phi) is 4.83. The van der Waals surface area contributed by atoms with E-state index in [0.29, 0.717) is 12.5 Å². The quantitative estimate of drug-likeness (QED) is 0.681. The summed E-state index contributed by atoms with van der Waals surface area (Å²) in [5.41, 5.74) is 1.74. The Hall–Kier alpha value is -1.98. The van der Waals surface area contributed by atoms with Gasteiger partial charge in [-0.2, -0.15) is 0 Å². The second-order valence-electron chi connectivity index (χ2n) is 8.62. The van der Waals surface area contributed by atoms with Gasteiger partial charge in [0.05, 0.1) is 12.3 Å². The molecule has 1 unspecified atom stereocenters. The zero-order valence-corrected chi connectivity index (χ0v) is 17.9. The molecule has 4 nitrogen and oxygen atoms in total. The molecule has 0 radical (unpaired) electrons. The van der Waals surface area contributed by atoms with Crippen molar-refractivity contribution in [2.75, 3.05) is 0 Å². The minimum absolute atomic E-state index is 0.0201. The van der Waals surface area contributed by atoms with Gasteiger partial charge in [-0.15, -0.1) is 11.3 Å². The third-order valence-corrected chi connectivity index (χ3v) is 7.80. The van der Waals surface area contributed by atoms with Gasteiger partial charge in [-0.05, 0) is 41.7 Å². The van der Waals surface area contributed by atoms with Gasteiger partial charge in [0.25, 0.3) is 0 Å². The fraction of sp³-hybridized carbons (Fsp3) is 0.500. The first-order valence-corrected chi connectivity index (χ1v) is 11.6. The minimum atomic E-state index is -0.649. The number of fused-ring (bicyclic) bond motifs is 1. The number of rotatable bonds is 5. The van der Waals surface area contributed by atoms with Crippen LogP contribution in [-0.2, 0) is 16.1 Å². The molecule has 1 aromatic carbocycles. The van der Waals surface area contributed by atoms with Crippen LogP contribution < -0.4 is 0 Å². The Morgan fingerprint density at radius 3 is 2.76 bits per heavy atom. The smallest absolute Gasteiger partial charge is 0.229 e. The topological polar surface area (TPSA) is 41.9 Å². The van der Waals surface area contributed by atoms with Crippen molar-refractivity contribution in [1.82, 2.24) is 4.90 Å². The van der Waals surface area contributed by atoms with Crippen LogP contribution in [0.25, 0.3) is 0 Å². The Labute approximate surface area is 176 Å². The highest BCUT2D eigenvalue weighted by molar-refractivity contribution is 7.09. The molecule has 1 aromatic heterocycles. The van der Waals surface area contributed by atoms with Crippen molar-refractivity contribution in [3.05, 3.63) is 58.3 Å². The molecular formula is C24H28N2O2S. The highest BCUT2D eigenvalue weighted by Crippen LogP contribution is 2.53. The van der Waals surface area contributed by atoms with Gasteiger partial charge in [0.15, 0.2) is 12.0 Å². The first-order valence-electron chi connectivity index (χ1n) is 10.8. The largest absolute Gasteiger partial charge is 0.325 e. The zero-order valence-electron chi connectivity index (χ0n) is 17.1. The Morgan fingerprint density at radius 1 is 1.21 bits per heavy atom. The number of likely N-dealkylation sites (tertiary alicyclic amines) is 1. The lowest BCUT2D eigenvalue weighted by Gasteiger charge is -2.37. The van der Waals surface area contributed by atoms with Crippen molar-refractivity contribution in [3.63, 3.8) is 0 Å². The average Bonchev–Trinajstić information content (AvgIpc) is 3.41. The SMILES string of the molecule is CCC[C@@H]1N=C2C[C@H](c3ccccc3)[C@@H](C)C3C[C@@]2(O1)N(Cc1cccs1)C3=O. The van der Waals surface area contributed by atoms with Crippen molar-refractivity contribution >= 4 is 23.0 Å². The van der Waals surface area contributed by atoms with E-state index in [0.717, 1.165) is 31.4 Å². The van der Waals surface area contributed by atoms with Crippen LogP contribution >= 0.6 is 11.3 Å². The summed E-state index contributed by atoms with van der Waals surface area (Å²) in [7, 11) is 0. The molecule has 29 heavy (non-hydrogen) atoms. The number of nitrogens with zero attached hydrogens (tertiary/aromatic N) is 2. The maximum atomic E-state index is 13.7. The van der Waals surface area contributed by atoms with Crippen LogP contribution in [0.5, 0.6) is 0 Å². The van der Waals surface area contributed by atoms with Gasteiger partial charge < -0.3 is 9.64 Å². The standard InChI is InChI=1S/C24H28N2O2S/c1-3-8-22-25-21-13-19(17-9-5-4-6-10-17)16(2)20-14-24(21,28-22)26(23(20)27)15-18-11-7-12-29-18/h4-7,9-12,16,19-20,22H,3,8,13-15H2,1-2H3/t16-,19+,20?,22-,24+/m1/s1. The van der Waals surface area contributed by atoms with Crippen LogP contribution in [0.2, 0.25) is 0 Å². The summed E-state index contributed by atoms with van der Waals surface area (Å²) in [5.74, 6) is 0.778. The fourth-order valence-corrected chi connectivity index (χ4v) is 6.10. The first kappa shape index (κ1) is 19.0. The van der Waals surface area contributed by atoms with Crippen molar-refractivity contribution in [1.29, 1.82) is 0 Å². The molecule has 2 aliphatic heterocycles. The molecule has 1 saturated carbocycles.